The molecule has 2 rings (SSSR count). The lowest BCUT2D eigenvalue weighted by atomic mass is 9.95. The van der Waals surface area contributed by atoms with Gasteiger partial charge in [0.05, 0.1) is 11.3 Å². The maximum atomic E-state index is 9.15. The van der Waals surface area contributed by atoms with Crippen molar-refractivity contribution >= 4 is 21.6 Å². The summed E-state index contributed by atoms with van der Waals surface area (Å²) in [6.45, 7) is 4.00. The largest absolute Gasteiger partial charge is 0.369 e. The molecule has 1 aliphatic heterocycles. The fourth-order valence-corrected chi connectivity index (χ4v) is 2.81. The summed E-state index contributed by atoms with van der Waals surface area (Å²) in [5.41, 5.74) is 7.75. The van der Waals surface area contributed by atoms with E-state index in [1.807, 2.05) is 18.2 Å². The van der Waals surface area contributed by atoms with Gasteiger partial charge in [0.25, 0.3) is 0 Å². The Kier molecular flexibility index (Phi) is 3.70. The molecule has 0 aromatic heterocycles. The van der Waals surface area contributed by atoms with E-state index >= 15 is 0 Å². The summed E-state index contributed by atoms with van der Waals surface area (Å²) < 4.78 is 0.998. The van der Waals surface area contributed by atoms with Crippen LogP contribution in [0, 0.1) is 17.2 Å². The normalized spacial score (nSPS) is 24.5. The predicted molar refractivity (Wildman–Crippen MR) is 72.8 cm³/mol. The minimum absolute atomic E-state index is 0.198. The van der Waals surface area contributed by atoms with Crippen molar-refractivity contribution < 1.29 is 0 Å². The Morgan fingerprint density at radius 2 is 2.24 bits per heavy atom. The second-order valence-corrected chi connectivity index (χ2v) is 5.69. The van der Waals surface area contributed by atoms with E-state index in [0.29, 0.717) is 5.92 Å². The lowest BCUT2D eigenvalue weighted by Gasteiger charge is -2.36. The molecule has 17 heavy (non-hydrogen) atoms. The van der Waals surface area contributed by atoms with Gasteiger partial charge in [-0.15, -0.1) is 0 Å². The standard InChI is InChI=1S/C13H16BrN3/c1-9-4-12(16)8-17(7-9)13-5-11(14)3-2-10(13)6-15/h2-3,5,9,12H,4,7-8,16H2,1H3. The van der Waals surface area contributed by atoms with E-state index in [4.69, 9.17) is 11.0 Å². The summed E-state index contributed by atoms with van der Waals surface area (Å²) >= 11 is 3.46. The molecular weight excluding hydrogens is 278 g/mol. The Bertz CT molecular complexity index is 442. The van der Waals surface area contributed by atoms with Gasteiger partial charge in [-0.2, -0.15) is 5.26 Å². The molecule has 1 aromatic rings. The topological polar surface area (TPSA) is 53.0 Å². The first-order valence-corrected chi connectivity index (χ1v) is 6.59. The van der Waals surface area contributed by atoms with Crippen LogP contribution < -0.4 is 10.6 Å². The Hall–Kier alpha value is -1.05. The van der Waals surface area contributed by atoms with E-state index < -0.39 is 0 Å². The highest BCUT2D eigenvalue weighted by atomic mass is 79.9. The lowest BCUT2D eigenvalue weighted by molar-refractivity contribution is 0.401. The van der Waals surface area contributed by atoms with Crippen LogP contribution in [0.4, 0.5) is 5.69 Å². The third kappa shape index (κ3) is 2.80. The van der Waals surface area contributed by atoms with Crippen molar-refractivity contribution in [1.29, 1.82) is 5.26 Å². The second kappa shape index (κ2) is 5.07. The van der Waals surface area contributed by atoms with Gasteiger partial charge in [-0.05, 0) is 30.5 Å². The van der Waals surface area contributed by atoms with Crippen LogP contribution in [0.15, 0.2) is 22.7 Å². The number of piperidine rings is 1. The molecule has 90 valence electrons. The van der Waals surface area contributed by atoms with Crippen LogP contribution in [0.3, 0.4) is 0 Å². The van der Waals surface area contributed by atoms with E-state index in [9.17, 15) is 0 Å². The minimum Gasteiger partial charge on any atom is -0.369 e. The lowest BCUT2D eigenvalue weighted by Crippen LogP contribution is -2.46. The smallest absolute Gasteiger partial charge is 0.101 e. The Morgan fingerprint density at radius 1 is 1.47 bits per heavy atom. The maximum absolute atomic E-state index is 9.15. The third-order valence-electron chi connectivity index (χ3n) is 3.11. The molecule has 2 atom stereocenters. The Morgan fingerprint density at radius 3 is 2.88 bits per heavy atom. The molecule has 1 heterocycles. The van der Waals surface area contributed by atoms with E-state index in [0.717, 1.165) is 35.2 Å². The fraction of sp³-hybridized carbons (Fsp3) is 0.462. The molecule has 1 aliphatic rings. The van der Waals surface area contributed by atoms with Gasteiger partial charge in [0.2, 0.25) is 0 Å². The van der Waals surface area contributed by atoms with Gasteiger partial charge in [-0.25, -0.2) is 0 Å². The monoisotopic (exact) mass is 293 g/mol. The fourth-order valence-electron chi connectivity index (χ4n) is 2.46. The Labute approximate surface area is 110 Å². The van der Waals surface area contributed by atoms with Crippen molar-refractivity contribution in [1.82, 2.24) is 0 Å². The van der Waals surface area contributed by atoms with Crippen LogP contribution in [0.2, 0.25) is 0 Å². The van der Waals surface area contributed by atoms with Crippen molar-refractivity contribution in [2.75, 3.05) is 18.0 Å². The number of nitrogens with zero attached hydrogens (tertiary/aromatic N) is 2. The third-order valence-corrected chi connectivity index (χ3v) is 3.61. The summed E-state index contributed by atoms with van der Waals surface area (Å²) in [6.07, 6.45) is 1.06. The zero-order chi connectivity index (χ0) is 12.4. The molecule has 1 saturated heterocycles. The van der Waals surface area contributed by atoms with Gasteiger partial charge >= 0.3 is 0 Å². The number of nitrogens with two attached hydrogens (primary N) is 1. The predicted octanol–water partition coefficient (Wildman–Crippen LogP) is 2.49. The zero-order valence-corrected chi connectivity index (χ0v) is 11.4. The zero-order valence-electron chi connectivity index (χ0n) is 9.86. The molecule has 3 nitrogen and oxygen atoms in total. The van der Waals surface area contributed by atoms with E-state index in [2.05, 4.69) is 33.8 Å². The molecule has 0 aliphatic carbocycles. The van der Waals surface area contributed by atoms with Crippen LogP contribution in [-0.4, -0.2) is 19.1 Å². The molecule has 1 fully saturated rings. The van der Waals surface area contributed by atoms with Crippen LogP contribution >= 0.6 is 15.9 Å². The molecule has 0 amide bonds. The maximum Gasteiger partial charge on any atom is 0.101 e. The van der Waals surface area contributed by atoms with Crippen molar-refractivity contribution in [2.45, 2.75) is 19.4 Å². The molecule has 0 spiro atoms. The number of anilines is 1. The molecule has 1 aromatic carbocycles. The van der Waals surface area contributed by atoms with Crippen LogP contribution in [-0.2, 0) is 0 Å². The van der Waals surface area contributed by atoms with E-state index in [1.165, 1.54) is 0 Å². The van der Waals surface area contributed by atoms with Crippen molar-refractivity contribution in [2.24, 2.45) is 11.7 Å². The summed E-state index contributed by atoms with van der Waals surface area (Å²) in [4.78, 5) is 2.22. The second-order valence-electron chi connectivity index (χ2n) is 4.78. The summed E-state index contributed by atoms with van der Waals surface area (Å²) in [5.74, 6) is 0.573. The molecule has 4 heteroatoms. The quantitative estimate of drug-likeness (QED) is 0.865. The molecule has 0 radical (unpaired) electrons. The number of halogens is 1. The highest BCUT2D eigenvalue weighted by molar-refractivity contribution is 9.10. The molecule has 2 N–H and O–H groups in total. The van der Waals surface area contributed by atoms with Gasteiger partial charge in [0, 0.05) is 23.6 Å². The summed E-state index contributed by atoms with van der Waals surface area (Å²) in [5, 5.41) is 9.15. The highest BCUT2D eigenvalue weighted by Crippen LogP contribution is 2.28. The first kappa shape index (κ1) is 12.4. The number of benzene rings is 1. The first-order chi connectivity index (χ1) is 8.10. The van der Waals surface area contributed by atoms with Crippen LogP contribution in [0.25, 0.3) is 0 Å². The van der Waals surface area contributed by atoms with Gasteiger partial charge in [0.15, 0.2) is 0 Å². The average molecular weight is 294 g/mol. The number of rotatable bonds is 1. The van der Waals surface area contributed by atoms with E-state index in [-0.39, 0.29) is 6.04 Å². The number of hydrogen-bond acceptors (Lipinski definition) is 3. The highest BCUT2D eigenvalue weighted by Gasteiger charge is 2.23. The molecular formula is C13H16BrN3. The van der Waals surface area contributed by atoms with Gasteiger partial charge in [-0.3, -0.25) is 0 Å². The van der Waals surface area contributed by atoms with Crippen molar-refractivity contribution in [3.8, 4) is 6.07 Å². The van der Waals surface area contributed by atoms with Gasteiger partial charge < -0.3 is 10.6 Å². The van der Waals surface area contributed by atoms with Crippen molar-refractivity contribution in [3.05, 3.63) is 28.2 Å². The number of nitriles is 1. The molecule has 0 bridgehead atoms. The summed E-state index contributed by atoms with van der Waals surface area (Å²) in [6, 6.07) is 8.20. The van der Waals surface area contributed by atoms with Gasteiger partial charge in [0.1, 0.15) is 6.07 Å². The minimum atomic E-state index is 0.198. The molecule has 2 unspecified atom stereocenters. The van der Waals surface area contributed by atoms with Gasteiger partial charge in [-0.1, -0.05) is 22.9 Å². The first-order valence-electron chi connectivity index (χ1n) is 5.80. The van der Waals surface area contributed by atoms with Crippen molar-refractivity contribution in [3.63, 3.8) is 0 Å². The van der Waals surface area contributed by atoms with Crippen LogP contribution in [0.5, 0.6) is 0 Å². The number of hydrogen-bond donors (Lipinski definition) is 1. The summed E-state index contributed by atoms with van der Waals surface area (Å²) in [7, 11) is 0. The molecule has 0 saturated carbocycles. The SMILES string of the molecule is CC1CC(N)CN(c2cc(Br)ccc2C#N)C1. The van der Waals surface area contributed by atoms with Crippen LogP contribution in [0.1, 0.15) is 18.9 Å². The Balaban J connectivity index is 2.33. The average Bonchev–Trinajstić information content (AvgIpc) is 2.27. The van der Waals surface area contributed by atoms with E-state index in [1.54, 1.807) is 0 Å².